The van der Waals surface area contributed by atoms with E-state index in [9.17, 15) is 20.1 Å². The molecule has 372 valence electrons. The monoisotopic (exact) mass is 918 g/mol. The first kappa shape index (κ1) is 53.1. The standard InChI is InChI=1S/C11H19NO.2C11H21NO.C10H17NO.C10H19NO.H3P/c1-12-6-9-2-3-10(7-12)5-11(4-9)8-13-11;2*1-11(13)5-9-3-4-10(6-11)8-12(2)7-9;1-11-6-8-2-3-9(7-11)5-10(12)4-8;1-10(12)4-8-2-3-9(5-10)7-11-6-8;/h9-10H,2-8H2,1H3;2*9-10,13H,3-8H2,1-2H3;8-9H,2-7H2,1H3;8-9,11-12H,2-7H2,1H3;1H3. The Morgan fingerprint density at radius 2 is 0.672 bits per heavy atom. The topological polar surface area (TPSA) is 115 Å². The van der Waals surface area contributed by atoms with E-state index in [1.165, 1.54) is 116 Å². The smallest absolute Gasteiger partial charge is 0.133 e. The molecule has 6 aliphatic heterocycles. The second-order valence-corrected chi connectivity index (χ2v) is 25.6. The molecule has 10 bridgehead atoms. The van der Waals surface area contributed by atoms with Crippen molar-refractivity contribution in [2.45, 2.75) is 172 Å². The number of epoxide rings is 1. The minimum atomic E-state index is -0.382. The molecule has 10 nitrogen and oxygen atoms in total. The Morgan fingerprint density at radius 3 is 0.969 bits per heavy atom. The molecule has 5 saturated carbocycles. The molecule has 0 aromatic rings. The molecule has 1 spiro atoms. The summed E-state index contributed by atoms with van der Waals surface area (Å²) in [6.45, 7) is 19.0. The Hall–Kier alpha value is -0.260. The second kappa shape index (κ2) is 23.1. The van der Waals surface area contributed by atoms with E-state index in [1.807, 2.05) is 20.8 Å². The number of carbonyl (C=O) groups excluding carboxylic acids is 1. The number of hydrogen-bond donors (Lipinski definition) is 4. The average Bonchev–Trinajstić information content (AvgIpc) is 4.02. The van der Waals surface area contributed by atoms with Gasteiger partial charge in [0.2, 0.25) is 0 Å². The van der Waals surface area contributed by atoms with Crippen LogP contribution in [0.4, 0.5) is 0 Å². The summed E-state index contributed by atoms with van der Waals surface area (Å²) in [4.78, 5) is 21.2. The molecule has 6 heterocycles. The summed E-state index contributed by atoms with van der Waals surface area (Å²) in [5, 5.41) is 33.8. The van der Waals surface area contributed by atoms with Crippen molar-refractivity contribution in [3.05, 3.63) is 0 Å². The van der Waals surface area contributed by atoms with Crippen LogP contribution >= 0.6 is 9.90 Å². The van der Waals surface area contributed by atoms with Crippen LogP contribution in [-0.2, 0) is 9.53 Å². The second-order valence-electron chi connectivity index (χ2n) is 25.6. The molecular weight excluding hydrogens is 818 g/mol. The van der Waals surface area contributed by atoms with Crippen LogP contribution in [0.3, 0.4) is 0 Å². The first-order valence-corrected chi connectivity index (χ1v) is 26.5. The molecule has 11 unspecified atom stereocenters. The molecule has 11 fully saturated rings. The van der Waals surface area contributed by atoms with Crippen molar-refractivity contribution in [2.75, 3.05) is 100 Å². The molecule has 11 rings (SSSR count). The molecule has 5 aliphatic carbocycles. The van der Waals surface area contributed by atoms with Gasteiger partial charge in [0.25, 0.3) is 0 Å². The fourth-order valence-electron chi connectivity index (χ4n) is 15.5. The van der Waals surface area contributed by atoms with Crippen LogP contribution in [0.5, 0.6) is 0 Å². The molecule has 11 aliphatic rings. The summed E-state index contributed by atoms with van der Waals surface area (Å²) in [6.07, 6.45) is 23.8. The molecule has 11 heteroatoms. The number of carbonyl (C=O) groups is 1. The fourth-order valence-corrected chi connectivity index (χ4v) is 15.5. The maximum Gasteiger partial charge on any atom is 0.133 e. The molecule has 0 aromatic heterocycles. The van der Waals surface area contributed by atoms with Crippen LogP contribution in [0.2, 0.25) is 0 Å². The van der Waals surface area contributed by atoms with Gasteiger partial charge in [0.15, 0.2) is 0 Å². The van der Waals surface area contributed by atoms with Gasteiger partial charge in [-0.2, -0.15) is 9.90 Å². The molecule has 4 N–H and O–H groups in total. The third kappa shape index (κ3) is 17.0. The Morgan fingerprint density at radius 1 is 0.438 bits per heavy atom. The van der Waals surface area contributed by atoms with Gasteiger partial charge in [0, 0.05) is 65.2 Å². The Kier molecular flexibility index (Phi) is 19.2. The highest BCUT2D eigenvalue weighted by molar-refractivity contribution is 6.92. The van der Waals surface area contributed by atoms with E-state index in [-0.39, 0.29) is 26.7 Å². The number of rotatable bonds is 0. The number of hydrogen-bond acceptors (Lipinski definition) is 10. The minimum absolute atomic E-state index is 0. The highest BCUT2D eigenvalue weighted by Crippen LogP contribution is 2.47. The minimum Gasteiger partial charge on any atom is -0.390 e. The van der Waals surface area contributed by atoms with Crippen molar-refractivity contribution in [1.29, 1.82) is 0 Å². The third-order valence-electron chi connectivity index (χ3n) is 17.6. The average molecular weight is 918 g/mol. The van der Waals surface area contributed by atoms with E-state index in [1.54, 1.807) is 0 Å². The van der Waals surface area contributed by atoms with Crippen molar-refractivity contribution in [3.63, 3.8) is 0 Å². The van der Waals surface area contributed by atoms with Crippen LogP contribution in [-0.4, -0.2) is 163 Å². The number of fused-ring (bicyclic) bond motifs is 15. The van der Waals surface area contributed by atoms with E-state index in [0.29, 0.717) is 35.1 Å². The lowest BCUT2D eigenvalue weighted by molar-refractivity contribution is -0.121. The van der Waals surface area contributed by atoms with E-state index in [4.69, 9.17) is 4.74 Å². The van der Waals surface area contributed by atoms with Crippen LogP contribution in [0.1, 0.15) is 149 Å². The number of ether oxygens (including phenoxy) is 1. The summed E-state index contributed by atoms with van der Waals surface area (Å²) >= 11 is 0. The Bertz CT molecular complexity index is 1270. The lowest BCUT2D eigenvalue weighted by atomic mass is 9.87. The van der Waals surface area contributed by atoms with Gasteiger partial charge in [-0.15, -0.1) is 0 Å². The van der Waals surface area contributed by atoms with E-state index in [0.717, 1.165) is 120 Å². The van der Waals surface area contributed by atoms with Crippen LogP contribution < -0.4 is 5.32 Å². The van der Waals surface area contributed by atoms with Crippen molar-refractivity contribution >= 4 is 15.7 Å². The number of nitrogens with one attached hydrogen (secondary N) is 1. The van der Waals surface area contributed by atoms with Gasteiger partial charge >= 0.3 is 0 Å². The van der Waals surface area contributed by atoms with Crippen molar-refractivity contribution in [3.8, 4) is 0 Å². The summed E-state index contributed by atoms with van der Waals surface area (Å²) in [5.41, 5.74) is -0.777. The molecule has 64 heavy (non-hydrogen) atoms. The molecule has 0 aromatic carbocycles. The van der Waals surface area contributed by atoms with Gasteiger partial charge in [-0.1, -0.05) is 0 Å². The Labute approximate surface area is 395 Å². The number of likely N-dealkylation sites (tertiary alicyclic amines) is 4. The molecule has 11 atom stereocenters. The maximum absolute atomic E-state index is 11.4. The van der Waals surface area contributed by atoms with E-state index < -0.39 is 0 Å². The number of ketones is 1. The van der Waals surface area contributed by atoms with Crippen molar-refractivity contribution < 1.29 is 24.9 Å². The summed E-state index contributed by atoms with van der Waals surface area (Å²) in [5.74, 6) is 8.01. The predicted octanol–water partition coefficient (Wildman–Crippen LogP) is 7.00. The van der Waals surface area contributed by atoms with E-state index in [2.05, 4.69) is 53.1 Å². The van der Waals surface area contributed by atoms with Gasteiger partial charge in [0.05, 0.1) is 29.0 Å². The zero-order valence-electron chi connectivity index (χ0n) is 42.3. The molecular formula is C53H100N5O5P. The number of nitrogens with zero attached hydrogens (tertiary/aromatic N) is 4. The lowest BCUT2D eigenvalue weighted by Crippen LogP contribution is -2.38. The normalized spacial score (nSPS) is 45.7. The van der Waals surface area contributed by atoms with Crippen molar-refractivity contribution in [2.24, 2.45) is 59.2 Å². The fraction of sp³-hybridized carbons (Fsp3) is 0.981. The summed E-state index contributed by atoms with van der Waals surface area (Å²) in [7, 11) is 8.88. The number of aliphatic hydroxyl groups is 3. The zero-order chi connectivity index (χ0) is 45.0. The van der Waals surface area contributed by atoms with Gasteiger partial charge in [0.1, 0.15) is 5.78 Å². The maximum atomic E-state index is 11.4. The number of Topliss-reactive ketones (excluding diaryl/α,β-unsaturated/α-hetero) is 1. The lowest BCUT2D eigenvalue weighted by Gasteiger charge is -2.33. The SMILES string of the molecule is CC1(O)CC2CCC(CNC2)C1.CN1CC2CCC(C1)CC(C)(O)C2.CN1CC2CCC(C1)CC(C)(O)C2.CN1CC2CCC(C1)CC1(CO1)C2.CN1CC2CCC(CC(=O)C2)C1.P. The highest BCUT2D eigenvalue weighted by Gasteiger charge is 2.50. The van der Waals surface area contributed by atoms with Crippen molar-refractivity contribution in [1.82, 2.24) is 24.9 Å². The summed E-state index contributed by atoms with van der Waals surface area (Å²) in [6, 6.07) is 0. The van der Waals surface area contributed by atoms with Gasteiger partial charge in [-0.25, -0.2) is 0 Å². The zero-order valence-corrected chi connectivity index (χ0v) is 43.8. The quantitative estimate of drug-likeness (QED) is 0.150. The third-order valence-corrected chi connectivity index (χ3v) is 17.6. The first-order valence-electron chi connectivity index (χ1n) is 26.5. The Balaban J connectivity index is 0.000000132. The van der Waals surface area contributed by atoms with Crippen LogP contribution in [0.15, 0.2) is 0 Å². The van der Waals surface area contributed by atoms with Crippen LogP contribution in [0, 0.1) is 59.2 Å². The highest BCUT2D eigenvalue weighted by atomic mass is 31.0. The largest absolute Gasteiger partial charge is 0.390 e. The van der Waals surface area contributed by atoms with E-state index >= 15 is 0 Å². The van der Waals surface area contributed by atoms with Gasteiger partial charge < -0.3 is 45.0 Å². The molecule has 0 radical (unpaired) electrons. The molecule has 0 amide bonds. The van der Waals surface area contributed by atoms with Gasteiger partial charge in [-0.05, 0) is 237 Å². The van der Waals surface area contributed by atoms with Gasteiger partial charge in [-0.3, -0.25) is 4.79 Å². The van der Waals surface area contributed by atoms with Crippen LogP contribution in [0.25, 0.3) is 0 Å². The summed E-state index contributed by atoms with van der Waals surface area (Å²) < 4.78 is 5.67. The molecule has 6 saturated heterocycles. The first-order chi connectivity index (χ1) is 29.8. The predicted molar refractivity (Wildman–Crippen MR) is 267 cm³/mol.